The van der Waals surface area contributed by atoms with E-state index in [9.17, 15) is 9.59 Å². The molecule has 0 bridgehead atoms. The molecule has 1 aromatic rings. The van der Waals surface area contributed by atoms with Crippen molar-refractivity contribution >= 4 is 11.9 Å². The predicted molar refractivity (Wildman–Crippen MR) is 90.5 cm³/mol. The zero-order valence-corrected chi connectivity index (χ0v) is 14.9. The molecule has 0 N–H and O–H groups in total. The summed E-state index contributed by atoms with van der Waals surface area (Å²) in [7, 11) is 0. The van der Waals surface area contributed by atoms with Crippen molar-refractivity contribution in [2.45, 2.75) is 65.1 Å². The molecule has 0 radical (unpaired) electrons. The van der Waals surface area contributed by atoms with Crippen molar-refractivity contribution in [2.24, 2.45) is 0 Å². The van der Waals surface area contributed by atoms with Crippen LogP contribution in [0.25, 0.3) is 0 Å². The Kier molecular flexibility index (Phi) is 5.86. The van der Waals surface area contributed by atoms with Crippen molar-refractivity contribution in [3.8, 4) is 5.75 Å². The first-order valence-corrected chi connectivity index (χ1v) is 8.57. The molecule has 0 heterocycles. The molecule has 0 saturated heterocycles. The van der Waals surface area contributed by atoms with Gasteiger partial charge in [-0.05, 0) is 58.2 Å². The van der Waals surface area contributed by atoms with Crippen LogP contribution in [0.15, 0.2) is 18.2 Å². The molecule has 1 fully saturated rings. The lowest BCUT2D eigenvalue weighted by atomic mass is 10.0. The minimum atomic E-state index is -0.525. The Balaban J connectivity index is 2.21. The van der Waals surface area contributed by atoms with E-state index in [1.807, 2.05) is 20.8 Å². The van der Waals surface area contributed by atoms with E-state index in [2.05, 4.69) is 0 Å². The van der Waals surface area contributed by atoms with E-state index in [0.717, 1.165) is 25.7 Å². The highest BCUT2D eigenvalue weighted by atomic mass is 16.6. The van der Waals surface area contributed by atoms with E-state index in [-0.39, 0.29) is 12.7 Å². The van der Waals surface area contributed by atoms with Gasteiger partial charge in [-0.3, -0.25) is 0 Å². The number of ether oxygens (including phenoxy) is 3. The highest BCUT2D eigenvalue weighted by molar-refractivity contribution is 5.96. The van der Waals surface area contributed by atoms with Crippen LogP contribution < -0.4 is 4.74 Å². The minimum absolute atomic E-state index is 0.112. The summed E-state index contributed by atoms with van der Waals surface area (Å²) in [5.41, 5.74) is 0.194. The Morgan fingerprint density at radius 2 is 1.88 bits per heavy atom. The molecule has 1 saturated carbocycles. The molecule has 1 aliphatic rings. The number of rotatable bonds is 8. The summed E-state index contributed by atoms with van der Waals surface area (Å²) >= 11 is 0. The summed E-state index contributed by atoms with van der Waals surface area (Å²) in [4.78, 5) is 24.4. The summed E-state index contributed by atoms with van der Waals surface area (Å²) in [6.45, 7) is 7.87. The first-order valence-electron chi connectivity index (χ1n) is 8.57. The largest absolute Gasteiger partial charge is 0.489 e. The summed E-state index contributed by atoms with van der Waals surface area (Å²) in [6, 6.07) is 4.73. The minimum Gasteiger partial charge on any atom is -0.489 e. The van der Waals surface area contributed by atoms with Crippen LogP contribution >= 0.6 is 0 Å². The molecule has 1 aliphatic carbocycles. The number of hydrogen-bond acceptors (Lipinski definition) is 5. The number of hydrogen-bond donors (Lipinski definition) is 0. The van der Waals surface area contributed by atoms with Crippen molar-refractivity contribution in [2.75, 3.05) is 6.61 Å². The van der Waals surface area contributed by atoms with Gasteiger partial charge in [0.15, 0.2) is 0 Å². The first-order chi connectivity index (χ1) is 11.4. The predicted octanol–water partition coefficient (Wildman–Crippen LogP) is 4.14. The van der Waals surface area contributed by atoms with Gasteiger partial charge < -0.3 is 14.2 Å². The average molecular weight is 334 g/mol. The van der Waals surface area contributed by atoms with Crippen LogP contribution in [-0.4, -0.2) is 30.3 Å². The smallest absolute Gasteiger partial charge is 0.341 e. The third-order valence-electron chi connectivity index (χ3n) is 3.75. The van der Waals surface area contributed by atoms with Crippen molar-refractivity contribution in [3.63, 3.8) is 0 Å². The fraction of sp³-hybridized carbons (Fsp3) is 0.579. The number of esters is 2. The van der Waals surface area contributed by atoms with Crippen LogP contribution in [0.2, 0.25) is 0 Å². The topological polar surface area (TPSA) is 61.8 Å². The Labute approximate surface area is 143 Å². The lowest BCUT2D eigenvalue weighted by Gasteiger charge is -2.24. The quantitative estimate of drug-likeness (QED) is 0.669. The SMILES string of the molecule is CCCC(C)(C)OC(=O)c1ccc(C(=O)OCC)c(OC2CC2)c1. The van der Waals surface area contributed by atoms with Crippen molar-refractivity contribution < 1.29 is 23.8 Å². The van der Waals surface area contributed by atoms with Gasteiger partial charge in [0, 0.05) is 0 Å². The second-order valence-electron chi connectivity index (χ2n) is 6.65. The number of carbonyl (C=O) groups excluding carboxylic acids is 2. The monoisotopic (exact) mass is 334 g/mol. The molecule has 5 nitrogen and oxygen atoms in total. The van der Waals surface area contributed by atoms with Gasteiger partial charge in [0.2, 0.25) is 0 Å². The lowest BCUT2D eigenvalue weighted by Crippen LogP contribution is -2.27. The Bertz CT molecular complexity index is 602. The lowest BCUT2D eigenvalue weighted by molar-refractivity contribution is -0.00481. The van der Waals surface area contributed by atoms with Crippen LogP contribution in [0.1, 0.15) is 74.1 Å². The van der Waals surface area contributed by atoms with Gasteiger partial charge in [0.25, 0.3) is 0 Å². The molecule has 0 spiro atoms. The van der Waals surface area contributed by atoms with E-state index < -0.39 is 17.5 Å². The van der Waals surface area contributed by atoms with Crippen LogP contribution in [0, 0.1) is 0 Å². The molecule has 2 rings (SSSR count). The number of benzene rings is 1. The zero-order chi connectivity index (χ0) is 17.7. The van der Waals surface area contributed by atoms with Gasteiger partial charge in [-0.1, -0.05) is 13.3 Å². The van der Waals surface area contributed by atoms with Gasteiger partial charge in [-0.25, -0.2) is 9.59 Å². The van der Waals surface area contributed by atoms with Crippen LogP contribution in [-0.2, 0) is 9.47 Å². The van der Waals surface area contributed by atoms with Gasteiger partial charge >= 0.3 is 11.9 Å². The molecule has 0 amide bonds. The molecule has 24 heavy (non-hydrogen) atoms. The van der Waals surface area contributed by atoms with Gasteiger partial charge in [0.1, 0.15) is 16.9 Å². The Hall–Kier alpha value is -2.04. The maximum atomic E-state index is 12.4. The van der Waals surface area contributed by atoms with Crippen molar-refractivity contribution in [3.05, 3.63) is 29.3 Å². The maximum absolute atomic E-state index is 12.4. The van der Waals surface area contributed by atoms with E-state index >= 15 is 0 Å². The molecular weight excluding hydrogens is 308 g/mol. The van der Waals surface area contributed by atoms with Gasteiger partial charge in [-0.2, -0.15) is 0 Å². The summed E-state index contributed by atoms with van der Waals surface area (Å²) in [5.74, 6) is -0.470. The van der Waals surface area contributed by atoms with Crippen molar-refractivity contribution in [1.82, 2.24) is 0 Å². The first kappa shape index (κ1) is 18.3. The second kappa shape index (κ2) is 7.69. The zero-order valence-electron chi connectivity index (χ0n) is 14.9. The van der Waals surface area contributed by atoms with E-state index in [4.69, 9.17) is 14.2 Å². The Morgan fingerprint density at radius 1 is 1.17 bits per heavy atom. The fourth-order valence-corrected chi connectivity index (χ4v) is 2.45. The van der Waals surface area contributed by atoms with Crippen LogP contribution in [0.3, 0.4) is 0 Å². The van der Waals surface area contributed by atoms with Gasteiger partial charge in [0.05, 0.1) is 18.3 Å². The maximum Gasteiger partial charge on any atom is 0.341 e. The van der Waals surface area contributed by atoms with Crippen LogP contribution in [0.4, 0.5) is 0 Å². The van der Waals surface area contributed by atoms with Crippen molar-refractivity contribution in [1.29, 1.82) is 0 Å². The normalized spacial score (nSPS) is 14.2. The molecular formula is C19H26O5. The standard InChI is InChI=1S/C19H26O5/c1-5-11-19(3,4)24-17(20)13-7-10-15(18(21)22-6-2)16(12-13)23-14-8-9-14/h7,10,12,14H,5-6,8-9,11H2,1-4H3. The Morgan fingerprint density at radius 3 is 2.46 bits per heavy atom. The number of carbonyl (C=O) groups is 2. The molecule has 5 heteroatoms. The van der Waals surface area contributed by atoms with Crippen LogP contribution in [0.5, 0.6) is 5.75 Å². The van der Waals surface area contributed by atoms with Gasteiger partial charge in [-0.15, -0.1) is 0 Å². The highest BCUT2D eigenvalue weighted by Crippen LogP contribution is 2.31. The summed E-state index contributed by atoms with van der Waals surface area (Å²) < 4.78 is 16.4. The molecule has 0 aromatic heterocycles. The third-order valence-corrected chi connectivity index (χ3v) is 3.75. The summed E-state index contributed by atoms with van der Waals surface area (Å²) in [6.07, 6.45) is 3.74. The van der Waals surface area contributed by atoms with E-state index in [1.54, 1.807) is 25.1 Å². The van der Waals surface area contributed by atoms with E-state index in [1.165, 1.54) is 0 Å². The molecule has 0 unspecified atom stereocenters. The molecule has 132 valence electrons. The second-order valence-corrected chi connectivity index (χ2v) is 6.65. The highest BCUT2D eigenvalue weighted by Gasteiger charge is 2.28. The molecule has 0 atom stereocenters. The summed E-state index contributed by atoms with van der Waals surface area (Å²) in [5, 5.41) is 0. The van der Waals surface area contributed by atoms with E-state index in [0.29, 0.717) is 16.9 Å². The average Bonchev–Trinajstić information content (AvgIpc) is 3.30. The fourth-order valence-electron chi connectivity index (χ4n) is 2.45. The molecule has 1 aromatic carbocycles. The third kappa shape index (κ3) is 4.98. The molecule has 0 aliphatic heterocycles.